The van der Waals surface area contributed by atoms with Crippen LogP contribution < -0.4 is 5.56 Å². The van der Waals surface area contributed by atoms with Crippen LogP contribution in [0.5, 0.6) is 0 Å². The molecule has 0 aliphatic carbocycles. The Balaban J connectivity index is 1.55. The van der Waals surface area contributed by atoms with Crippen LogP contribution in [0.4, 0.5) is 0 Å². The lowest BCUT2D eigenvalue weighted by Gasteiger charge is -2.10. The van der Waals surface area contributed by atoms with E-state index in [1.165, 1.54) is 9.56 Å². The van der Waals surface area contributed by atoms with Crippen LogP contribution in [0.3, 0.4) is 0 Å². The van der Waals surface area contributed by atoms with Crippen LogP contribution in [0.1, 0.15) is 50.5 Å². The summed E-state index contributed by atoms with van der Waals surface area (Å²) in [4.78, 5) is 39.6. The molecular formula is C25H25N3O4S. The van der Waals surface area contributed by atoms with Gasteiger partial charge in [0.25, 0.3) is 5.56 Å². The first-order chi connectivity index (χ1) is 15.9. The number of benzene rings is 1. The Bertz CT molecular complexity index is 1380. The van der Waals surface area contributed by atoms with E-state index in [4.69, 9.17) is 4.74 Å². The van der Waals surface area contributed by atoms with Crippen molar-refractivity contribution in [1.82, 2.24) is 14.3 Å². The summed E-state index contributed by atoms with van der Waals surface area (Å²) < 4.78 is 8.72. The third-order valence-electron chi connectivity index (χ3n) is 5.60. The average Bonchev–Trinajstić information content (AvgIpc) is 3.43. The number of ether oxygens (including phenoxy) is 1. The molecule has 0 spiro atoms. The summed E-state index contributed by atoms with van der Waals surface area (Å²) in [6.07, 6.45) is 0.694. The van der Waals surface area contributed by atoms with Gasteiger partial charge in [-0.3, -0.25) is 9.59 Å². The average molecular weight is 464 g/mol. The Morgan fingerprint density at radius 1 is 1.09 bits per heavy atom. The normalized spacial score (nSPS) is 11.1. The van der Waals surface area contributed by atoms with Crippen molar-refractivity contribution >= 4 is 33.9 Å². The molecule has 0 unspecified atom stereocenters. The SMILES string of the molecule is CCCn1nc(C(=O)OCC(=O)c2cc(C)n(Cc3cccs3)c2C)c2ccccc2c1=O. The Morgan fingerprint density at radius 3 is 2.55 bits per heavy atom. The fourth-order valence-electron chi connectivity index (χ4n) is 3.91. The molecule has 0 aliphatic rings. The molecule has 4 aromatic rings. The number of aryl methyl sites for hydroxylation is 2. The highest BCUT2D eigenvalue weighted by molar-refractivity contribution is 7.09. The van der Waals surface area contributed by atoms with Crippen molar-refractivity contribution in [2.45, 2.75) is 40.3 Å². The molecule has 0 amide bonds. The van der Waals surface area contributed by atoms with Gasteiger partial charge >= 0.3 is 5.97 Å². The van der Waals surface area contributed by atoms with Gasteiger partial charge in [0, 0.05) is 33.8 Å². The number of hydrogen-bond donors (Lipinski definition) is 0. The van der Waals surface area contributed by atoms with E-state index in [0.29, 0.717) is 35.8 Å². The van der Waals surface area contributed by atoms with Crippen LogP contribution in [-0.4, -0.2) is 32.7 Å². The molecule has 3 heterocycles. The summed E-state index contributed by atoms with van der Waals surface area (Å²) in [6, 6.07) is 12.7. The zero-order valence-corrected chi connectivity index (χ0v) is 19.6. The van der Waals surface area contributed by atoms with Crippen LogP contribution in [-0.2, 0) is 17.8 Å². The van der Waals surface area contributed by atoms with E-state index >= 15 is 0 Å². The molecule has 0 bridgehead atoms. The van der Waals surface area contributed by atoms with Gasteiger partial charge in [-0.05, 0) is 43.8 Å². The fraction of sp³-hybridized carbons (Fsp3) is 0.280. The zero-order valence-electron chi connectivity index (χ0n) is 18.8. The van der Waals surface area contributed by atoms with Crippen LogP contribution in [0.2, 0.25) is 0 Å². The molecule has 4 rings (SSSR count). The minimum Gasteiger partial charge on any atom is -0.452 e. The number of hydrogen-bond acceptors (Lipinski definition) is 6. The molecule has 0 radical (unpaired) electrons. The molecule has 33 heavy (non-hydrogen) atoms. The predicted octanol–water partition coefficient (Wildman–Crippen LogP) is 4.37. The second kappa shape index (κ2) is 9.54. The Hall–Kier alpha value is -3.52. The summed E-state index contributed by atoms with van der Waals surface area (Å²) in [7, 11) is 0. The Morgan fingerprint density at radius 2 is 1.85 bits per heavy atom. The summed E-state index contributed by atoms with van der Waals surface area (Å²) in [5, 5.41) is 7.08. The molecule has 0 atom stereocenters. The monoisotopic (exact) mass is 463 g/mol. The van der Waals surface area contributed by atoms with Gasteiger partial charge in [-0.15, -0.1) is 11.3 Å². The van der Waals surface area contributed by atoms with Crippen molar-refractivity contribution in [2.75, 3.05) is 6.61 Å². The number of ketones is 1. The van der Waals surface area contributed by atoms with Crippen molar-refractivity contribution in [3.8, 4) is 0 Å². The number of esters is 1. The van der Waals surface area contributed by atoms with E-state index in [-0.39, 0.29) is 17.0 Å². The molecule has 0 aliphatic heterocycles. The first-order valence-corrected chi connectivity index (χ1v) is 11.7. The number of nitrogens with zero attached hydrogens (tertiary/aromatic N) is 3. The quantitative estimate of drug-likeness (QED) is 0.286. The molecule has 0 saturated heterocycles. The Kier molecular flexibility index (Phi) is 6.55. The van der Waals surface area contributed by atoms with Crippen LogP contribution >= 0.6 is 11.3 Å². The molecule has 0 N–H and O–H groups in total. The highest BCUT2D eigenvalue weighted by atomic mass is 32.1. The van der Waals surface area contributed by atoms with Crippen molar-refractivity contribution in [3.63, 3.8) is 0 Å². The highest BCUT2D eigenvalue weighted by Gasteiger charge is 2.21. The summed E-state index contributed by atoms with van der Waals surface area (Å²) in [5.41, 5.74) is 2.12. The van der Waals surface area contributed by atoms with E-state index in [1.807, 2.05) is 38.3 Å². The van der Waals surface area contributed by atoms with Crippen LogP contribution in [0.25, 0.3) is 10.8 Å². The van der Waals surface area contributed by atoms with E-state index in [9.17, 15) is 14.4 Å². The lowest BCUT2D eigenvalue weighted by molar-refractivity contribution is 0.0468. The number of Topliss-reactive ketones (excluding diaryl/α,β-unsaturated/α-hetero) is 1. The smallest absolute Gasteiger partial charge is 0.359 e. The first kappa shape index (κ1) is 22.7. The van der Waals surface area contributed by atoms with Crippen molar-refractivity contribution in [2.24, 2.45) is 0 Å². The second-order valence-corrected chi connectivity index (χ2v) is 8.90. The van der Waals surface area contributed by atoms with Gasteiger partial charge in [-0.1, -0.05) is 31.2 Å². The minimum absolute atomic E-state index is 0.0367. The maximum atomic E-state index is 12.9. The highest BCUT2D eigenvalue weighted by Crippen LogP contribution is 2.20. The third-order valence-corrected chi connectivity index (χ3v) is 6.46. The van der Waals surface area contributed by atoms with Crippen molar-refractivity contribution in [3.05, 3.63) is 85.7 Å². The molecule has 1 aromatic carbocycles. The lowest BCUT2D eigenvalue weighted by Crippen LogP contribution is -2.27. The first-order valence-electron chi connectivity index (χ1n) is 10.8. The Labute approximate surface area is 195 Å². The number of aromatic nitrogens is 3. The molecule has 7 nitrogen and oxygen atoms in total. The van der Waals surface area contributed by atoms with E-state index in [0.717, 1.165) is 11.4 Å². The molecule has 170 valence electrons. The minimum atomic E-state index is -0.725. The molecule has 3 aromatic heterocycles. The number of carbonyl (C=O) groups is 2. The van der Waals surface area contributed by atoms with Crippen molar-refractivity contribution in [1.29, 1.82) is 0 Å². The van der Waals surface area contributed by atoms with Crippen molar-refractivity contribution < 1.29 is 14.3 Å². The van der Waals surface area contributed by atoms with Crippen LogP contribution in [0.15, 0.2) is 52.6 Å². The van der Waals surface area contributed by atoms with E-state index in [1.54, 1.807) is 35.6 Å². The zero-order chi connectivity index (χ0) is 23.5. The number of fused-ring (bicyclic) bond motifs is 1. The van der Waals surface area contributed by atoms with E-state index < -0.39 is 12.6 Å². The molecule has 0 saturated carbocycles. The van der Waals surface area contributed by atoms with Gasteiger partial charge in [-0.25, -0.2) is 9.48 Å². The summed E-state index contributed by atoms with van der Waals surface area (Å²) >= 11 is 1.66. The molecule has 8 heteroatoms. The van der Waals surface area contributed by atoms with Gasteiger partial charge in [0.15, 0.2) is 12.3 Å². The maximum Gasteiger partial charge on any atom is 0.359 e. The standard InChI is InChI=1S/C25H25N3O4S/c1-4-11-28-24(30)20-10-6-5-9-19(20)23(26-28)25(31)32-15-22(29)21-13-16(2)27(17(21)3)14-18-8-7-12-33-18/h5-10,12-13H,4,11,14-15H2,1-3H3. The van der Waals surface area contributed by atoms with Gasteiger partial charge in [0.05, 0.1) is 11.9 Å². The van der Waals surface area contributed by atoms with E-state index in [2.05, 4.69) is 15.7 Å². The van der Waals surface area contributed by atoms with Gasteiger partial charge in [-0.2, -0.15) is 5.10 Å². The predicted molar refractivity (Wildman–Crippen MR) is 128 cm³/mol. The van der Waals surface area contributed by atoms with Crippen LogP contribution in [0, 0.1) is 13.8 Å². The second-order valence-electron chi connectivity index (χ2n) is 7.87. The molecule has 0 fully saturated rings. The summed E-state index contributed by atoms with van der Waals surface area (Å²) in [6.45, 7) is 6.46. The van der Waals surface area contributed by atoms with Gasteiger partial charge in [0.2, 0.25) is 5.78 Å². The topological polar surface area (TPSA) is 83.2 Å². The lowest BCUT2D eigenvalue weighted by atomic mass is 10.1. The fourth-order valence-corrected chi connectivity index (χ4v) is 4.60. The largest absolute Gasteiger partial charge is 0.452 e. The van der Waals surface area contributed by atoms with Gasteiger partial charge in [0.1, 0.15) is 0 Å². The third kappa shape index (κ3) is 4.52. The number of thiophene rings is 1. The summed E-state index contributed by atoms with van der Waals surface area (Å²) in [5.74, 6) is -1.00. The number of rotatable bonds is 8. The maximum absolute atomic E-state index is 12.9. The van der Waals surface area contributed by atoms with Gasteiger partial charge < -0.3 is 9.30 Å². The molecular weight excluding hydrogens is 438 g/mol. The number of carbonyl (C=O) groups excluding carboxylic acids is 2.